The molecular formula is C67H70N12O11. The molecular weight excluding hydrogens is 1150 g/mol. The Morgan fingerprint density at radius 3 is 1.04 bits per heavy atom. The molecule has 2 saturated heterocycles. The topological polar surface area (TPSA) is 297 Å². The van der Waals surface area contributed by atoms with Crippen LogP contribution in [0.1, 0.15) is 45.4 Å². The lowest BCUT2D eigenvalue weighted by Gasteiger charge is -2.51. The summed E-state index contributed by atoms with van der Waals surface area (Å²) in [7, 11) is 0. The summed E-state index contributed by atoms with van der Waals surface area (Å²) in [6.45, 7) is 0.258. The van der Waals surface area contributed by atoms with Gasteiger partial charge in [0.2, 0.25) is 0 Å². The van der Waals surface area contributed by atoms with E-state index in [9.17, 15) is 22.1 Å². The second-order valence-electron chi connectivity index (χ2n) is 21.7. The molecule has 3 aliphatic rings. The average Bonchev–Trinajstić information content (AvgIpc) is 0.853. The molecule has 1 unspecified atom stereocenters. The van der Waals surface area contributed by atoms with Gasteiger partial charge in [0.05, 0.1) is 102 Å². The number of nitrogens with zero attached hydrogens (tertiary/aromatic N) is 12. The molecule has 2 aliphatic heterocycles. The van der Waals surface area contributed by atoms with Crippen molar-refractivity contribution in [1.29, 1.82) is 0 Å². The molecule has 2 heterocycles. The van der Waals surface area contributed by atoms with Gasteiger partial charge in [-0.3, -0.25) is 0 Å². The van der Waals surface area contributed by atoms with E-state index in [1.54, 1.807) is 0 Å². The van der Waals surface area contributed by atoms with Gasteiger partial charge in [-0.2, -0.15) is 0 Å². The lowest BCUT2D eigenvalue weighted by Crippen LogP contribution is -2.66. The minimum atomic E-state index is -1.44. The van der Waals surface area contributed by atoms with E-state index in [0.717, 1.165) is 38.9 Å². The molecule has 7 aromatic carbocycles. The second kappa shape index (κ2) is 34.3. The molecule has 0 spiro atoms. The normalized spacial score (nSPS) is 26.3. The predicted octanol–water partition coefficient (Wildman–Crippen LogP) is 13.7. The first-order chi connectivity index (χ1) is 44.5. The number of azide groups is 4. The summed E-state index contributed by atoms with van der Waals surface area (Å²) in [6.07, 6.45) is -14.2. The molecule has 0 N–H and O–H groups in total. The van der Waals surface area contributed by atoms with Gasteiger partial charge in [0.15, 0.2) is 12.6 Å². The number of rotatable bonds is 31. The van der Waals surface area contributed by atoms with Crippen molar-refractivity contribution in [1.82, 2.24) is 0 Å². The van der Waals surface area contributed by atoms with Gasteiger partial charge in [0.1, 0.15) is 36.6 Å². The molecule has 464 valence electrons. The van der Waals surface area contributed by atoms with Crippen LogP contribution in [0.2, 0.25) is 0 Å². The number of hydrogen-bond donors (Lipinski definition) is 0. The Bertz CT molecular complexity index is 3450. The summed E-state index contributed by atoms with van der Waals surface area (Å²) >= 11 is 0. The Balaban J connectivity index is 1.07. The molecule has 0 bridgehead atoms. The molecule has 0 radical (unpaired) electrons. The Morgan fingerprint density at radius 2 is 0.656 bits per heavy atom. The zero-order valence-electron chi connectivity index (χ0n) is 49.3. The predicted molar refractivity (Wildman–Crippen MR) is 331 cm³/mol. The molecule has 0 amide bonds. The molecule has 15 atom stereocenters. The fraction of sp³-hybridized carbons (Fsp3) is 0.373. The van der Waals surface area contributed by atoms with Crippen LogP contribution in [0.15, 0.2) is 233 Å². The van der Waals surface area contributed by atoms with Crippen LogP contribution in [0.5, 0.6) is 0 Å². The highest BCUT2D eigenvalue weighted by molar-refractivity contribution is 5.20. The summed E-state index contributed by atoms with van der Waals surface area (Å²) in [6, 6.07) is 63.3. The Kier molecular flexibility index (Phi) is 24.6. The fourth-order valence-electron chi connectivity index (χ4n) is 11.3. The third kappa shape index (κ3) is 18.0. The van der Waals surface area contributed by atoms with E-state index in [1.807, 2.05) is 212 Å². The highest BCUT2D eigenvalue weighted by Crippen LogP contribution is 2.40. The van der Waals surface area contributed by atoms with Crippen molar-refractivity contribution >= 4 is 0 Å². The zero-order valence-corrected chi connectivity index (χ0v) is 49.3. The highest BCUT2D eigenvalue weighted by Gasteiger charge is 2.56. The van der Waals surface area contributed by atoms with E-state index in [2.05, 4.69) is 40.1 Å². The smallest absolute Gasteiger partial charge is 0.187 e. The summed E-state index contributed by atoms with van der Waals surface area (Å²) in [4.78, 5) is 13.1. The van der Waals surface area contributed by atoms with Gasteiger partial charge in [0, 0.05) is 19.6 Å². The lowest BCUT2D eigenvalue weighted by molar-refractivity contribution is -0.351. The van der Waals surface area contributed by atoms with Crippen LogP contribution in [0.3, 0.4) is 0 Å². The first kappa shape index (κ1) is 64.3. The summed E-state index contributed by atoms with van der Waals surface area (Å²) in [5.41, 5.74) is 47.1. The van der Waals surface area contributed by atoms with Crippen molar-refractivity contribution in [3.05, 3.63) is 293 Å². The van der Waals surface area contributed by atoms with Gasteiger partial charge >= 0.3 is 0 Å². The van der Waals surface area contributed by atoms with Crippen LogP contribution < -0.4 is 0 Å². The number of benzene rings is 7. The third-order valence-corrected chi connectivity index (χ3v) is 15.7. The van der Waals surface area contributed by atoms with Crippen LogP contribution in [-0.2, 0) is 98.4 Å². The van der Waals surface area contributed by atoms with Gasteiger partial charge < -0.3 is 52.1 Å². The van der Waals surface area contributed by atoms with Gasteiger partial charge in [-0.05, 0) is 67.5 Å². The molecule has 23 heteroatoms. The number of hydrogen-bond acceptors (Lipinski definition) is 15. The molecule has 1 saturated carbocycles. The van der Waals surface area contributed by atoms with E-state index in [1.165, 1.54) is 0 Å². The SMILES string of the molecule is [N-]=[N+]=NC[C@H]1O[C@H](O[C@H]2[C@H](OCc3ccccc3)[C@@H](O[C@H]3O[C@H](COCc4ccccc4)[C@@H](OCc4ccccc4)C(N=[N+]=[N-])[C@H]3OCc3ccccc3)[C@H](N=[N+]=[N-])C[C@@H]2N=[N+]=[N-])[C@H](OCc2ccccc2)[C@@H](OCc2ccccc2)[C@@H]1OCc1ccccc1. The average molecular weight is 1220 g/mol. The van der Waals surface area contributed by atoms with Crippen LogP contribution >= 0.6 is 0 Å². The molecule has 3 fully saturated rings. The van der Waals surface area contributed by atoms with Crippen molar-refractivity contribution in [2.45, 2.75) is 144 Å². The first-order valence-electron chi connectivity index (χ1n) is 29.8. The molecule has 23 nitrogen and oxygen atoms in total. The second-order valence-corrected chi connectivity index (χ2v) is 21.7. The lowest BCUT2D eigenvalue weighted by atomic mass is 9.83. The van der Waals surface area contributed by atoms with Crippen molar-refractivity contribution in [3.63, 3.8) is 0 Å². The van der Waals surface area contributed by atoms with Crippen LogP contribution in [0.25, 0.3) is 41.8 Å². The quantitative estimate of drug-likeness (QED) is 0.0223. The third-order valence-electron chi connectivity index (χ3n) is 15.7. The molecule has 0 aromatic heterocycles. The summed E-state index contributed by atoms with van der Waals surface area (Å²) in [5.74, 6) is 0. The number of ether oxygens (including phenoxy) is 11. The van der Waals surface area contributed by atoms with Gasteiger partial charge in [-0.1, -0.05) is 233 Å². The summed E-state index contributed by atoms with van der Waals surface area (Å²) in [5, 5.41) is 17.1. The fourth-order valence-corrected chi connectivity index (χ4v) is 11.3. The summed E-state index contributed by atoms with van der Waals surface area (Å²) < 4.78 is 76.5. The monoisotopic (exact) mass is 1220 g/mol. The minimum Gasteiger partial charge on any atom is -0.374 e. The van der Waals surface area contributed by atoms with Crippen molar-refractivity contribution in [2.75, 3.05) is 13.2 Å². The van der Waals surface area contributed by atoms with Gasteiger partial charge in [0.25, 0.3) is 0 Å². The van der Waals surface area contributed by atoms with Crippen molar-refractivity contribution in [3.8, 4) is 0 Å². The Labute approximate surface area is 521 Å². The van der Waals surface area contributed by atoms with E-state index in [-0.39, 0.29) is 65.8 Å². The van der Waals surface area contributed by atoms with Gasteiger partial charge in [-0.15, -0.1) is 0 Å². The Hall–Kier alpha value is -8.66. The maximum absolute atomic E-state index is 10.5. The maximum Gasteiger partial charge on any atom is 0.187 e. The van der Waals surface area contributed by atoms with Crippen molar-refractivity contribution in [2.24, 2.45) is 20.5 Å². The Morgan fingerprint density at radius 1 is 0.333 bits per heavy atom. The molecule has 10 rings (SSSR count). The first-order valence-corrected chi connectivity index (χ1v) is 29.8. The van der Waals surface area contributed by atoms with E-state index in [0.29, 0.717) is 0 Å². The molecule has 90 heavy (non-hydrogen) atoms. The molecule has 7 aromatic rings. The highest BCUT2D eigenvalue weighted by atomic mass is 16.7. The standard InChI is InChI=1S/C67H70N12O11/c68-76-72-37-55-61(82-40-48-26-12-3-13-27-48)64(85-43-51-32-18-6-19-33-51)65(86-44-52-34-20-7-21-35-52)67(87-55)90-59-54(74-78-70)36-53(73-77-69)58(63(59)84-42-50-30-16-5-17-31-50)89-66-62(83-41-49-28-14-4-15-29-49)57(75-79-71)60(81-39-47-24-10-2-11-25-47)56(88-66)45-80-38-46-22-8-1-9-23-46/h1-35,53-67H,36-45H2/t53-,54+,55-,56-,57?,58+,59-,60-,61-,62-,63-,64+,65-,66-,67-/m1/s1. The van der Waals surface area contributed by atoms with Gasteiger partial charge in [-0.25, -0.2) is 0 Å². The maximum atomic E-state index is 10.5. The zero-order chi connectivity index (χ0) is 62.0. The van der Waals surface area contributed by atoms with E-state index in [4.69, 9.17) is 52.1 Å². The largest absolute Gasteiger partial charge is 0.374 e. The molecule has 1 aliphatic carbocycles. The van der Waals surface area contributed by atoms with Crippen LogP contribution in [0.4, 0.5) is 0 Å². The van der Waals surface area contributed by atoms with E-state index < -0.39 is 91.7 Å². The van der Waals surface area contributed by atoms with E-state index >= 15 is 0 Å². The minimum absolute atomic E-state index is 0.0137. The van der Waals surface area contributed by atoms with Crippen LogP contribution in [-0.4, -0.2) is 105 Å². The van der Waals surface area contributed by atoms with Crippen LogP contribution in [0, 0.1) is 0 Å². The van der Waals surface area contributed by atoms with Crippen molar-refractivity contribution < 1.29 is 52.1 Å².